The molecule has 1 heterocycles. The molecule has 0 spiro atoms. The quantitative estimate of drug-likeness (QED) is 0.118. The number of hydrogen-bond acceptors (Lipinski definition) is 8. The second kappa shape index (κ2) is 17.2. The Morgan fingerprint density at radius 2 is 1.56 bits per heavy atom. The van der Waals surface area contributed by atoms with Crippen LogP contribution in [0, 0.1) is 11.6 Å². The second-order valence-corrected chi connectivity index (χ2v) is 9.96. The molecule has 2 aromatic carbocycles. The van der Waals surface area contributed by atoms with Gasteiger partial charge in [0.1, 0.15) is 16.0 Å². The highest BCUT2D eigenvalue weighted by Crippen LogP contribution is 2.24. The highest BCUT2D eigenvalue weighted by atomic mass is 79.9. The zero-order chi connectivity index (χ0) is 25.0. The van der Waals surface area contributed by atoms with E-state index >= 15 is 0 Å². The first kappa shape index (κ1) is 32.7. The average Bonchev–Trinajstić information content (AvgIpc) is 3.28. The predicted molar refractivity (Wildman–Crippen MR) is 146 cm³/mol. The zero-order valence-electron chi connectivity index (χ0n) is 18.1. The van der Waals surface area contributed by atoms with Crippen LogP contribution in [0.1, 0.15) is 10.4 Å². The number of benzene rings is 2. The van der Waals surface area contributed by atoms with E-state index in [9.17, 15) is 13.6 Å². The molecule has 0 aliphatic carbocycles. The third kappa shape index (κ3) is 10.1. The van der Waals surface area contributed by atoms with E-state index in [4.69, 9.17) is 0 Å². The first-order valence-corrected chi connectivity index (χ1v) is 14.0. The van der Waals surface area contributed by atoms with E-state index < -0.39 is 11.7 Å². The third-order valence-corrected chi connectivity index (χ3v) is 6.95. The van der Waals surface area contributed by atoms with Crippen LogP contribution in [0.15, 0.2) is 55.5 Å². The largest absolute Gasteiger partial charge is 0.412 e. The van der Waals surface area contributed by atoms with Gasteiger partial charge in [0, 0.05) is 8.95 Å². The number of aromatic nitrogens is 3. The Morgan fingerprint density at radius 3 is 2.03 bits per heavy atom. The van der Waals surface area contributed by atoms with Crippen molar-refractivity contribution in [1.82, 2.24) is 15.2 Å². The Balaban J connectivity index is 0.000000582. The number of carbonyl (C=O) groups excluding carboxylic acids is 1. The van der Waals surface area contributed by atoms with Gasteiger partial charge in [-0.1, -0.05) is 43.6 Å². The van der Waals surface area contributed by atoms with E-state index in [2.05, 4.69) is 63.7 Å². The lowest BCUT2D eigenvalue weighted by Crippen LogP contribution is -2.02. The Bertz CT molecular complexity index is 1100. The minimum absolute atomic E-state index is 0. The van der Waals surface area contributed by atoms with Crippen LogP contribution in [0.3, 0.4) is 0 Å². The molecule has 0 radical (unpaired) electrons. The molecule has 8 nitrogen and oxygen atoms in total. The molecule has 0 fully saturated rings. The number of aromatic amines is 1. The lowest BCUT2D eigenvalue weighted by Gasteiger charge is -2.00. The molecule has 1 aromatic heterocycles. The van der Waals surface area contributed by atoms with Crippen molar-refractivity contribution in [3.05, 3.63) is 62.5 Å². The Labute approximate surface area is 225 Å². The van der Waals surface area contributed by atoms with Crippen LogP contribution in [0.5, 0.6) is 0 Å². The molecular weight excluding hydrogens is 638 g/mol. The lowest BCUT2D eigenvalue weighted by molar-refractivity contribution is 0.0999. The number of H-pyrrole nitrogens is 1. The summed E-state index contributed by atoms with van der Waals surface area (Å²) in [5.74, 6) is 7.01. The number of nitrogens with one attached hydrogen (secondary N) is 1. The number of rotatable bonds is 3. The van der Waals surface area contributed by atoms with Crippen molar-refractivity contribution in [3.63, 3.8) is 0 Å². The maximum Gasteiger partial charge on any atom is 0.281 e. The van der Waals surface area contributed by atoms with Gasteiger partial charge in [0.05, 0.1) is 11.1 Å². The maximum atomic E-state index is 13.5. The molecule has 15 heteroatoms. The van der Waals surface area contributed by atoms with Crippen molar-refractivity contribution in [2.45, 2.75) is 5.16 Å². The van der Waals surface area contributed by atoms with E-state index in [-0.39, 0.29) is 16.9 Å². The van der Waals surface area contributed by atoms with E-state index in [0.717, 1.165) is 0 Å². The van der Waals surface area contributed by atoms with Crippen LogP contribution >= 0.6 is 67.1 Å². The minimum atomic E-state index is -0.565. The molecule has 0 saturated carbocycles. The van der Waals surface area contributed by atoms with Crippen molar-refractivity contribution in [2.75, 3.05) is 18.8 Å². The summed E-state index contributed by atoms with van der Waals surface area (Å²) in [6.07, 6.45) is 5.51. The SMILES string of the molecule is CSC(=NC(=O)c1ccc(Br)cc1F)SC.CSc1n[nH]c(-c2ccc(Br)cc2F)n1.NN.O. The summed E-state index contributed by atoms with van der Waals surface area (Å²) in [5.41, 5.74) is 0.412. The number of nitrogens with two attached hydrogens (primary N) is 2. The predicted octanol–water partition coefficient (Wildman–Crippen LogP) is 4.90. The number of hydrogen-bond donors (Lipinski definition) is 3. The van der Waals surface area contributed by atoms with Crippen LogP contribution < -0.4 is 11.7 Å². The van der Waals surface area contributed by atoms with E-state index in [0.29, 0.717) is 29.9 Å². The monoisotopic (exact) mass is 658 g/mol. The minimum Gasteiger partial charge on any atom is -0.412 e. The Morgan fingerprint density at radius 1 is 1.00 bits per heavy atom. The summed E-state index contributed by atoms with van der Waals surface area (Å²) in [7, 11) is 0. The van der Waals surface area contributed by atoms with E-state index in [1.54, 1.807) is 18.2 Å². The van der Waals surface area contributed by atoms with Crippen molar-refractivity contribution in [1.29, 1.82) is 0 Å². The topological polar surface area (TPSA) is 155 Å². The van der Waals surface area contributed by atoms with Crippen LogP contribution in [0.4, 0.5) is 8.78 Å². The summed E-state index contributed by atoms with van der Waals surface area (Å²) in [5, 5.41) is 7.22. The van der Waals surface area contributed by atoms with Gasteiger partial charge in [0.25, 0.3) is 5.91 Å². The van der Waals surface area contributed by atoms with Gasteiger partial charge in [-0.15, -0.1) is 28.6 Å². The fourth-order valence-corrected chi connectivity index (χ4v) is 4.12. The number of hydrazine groups is 1. The molecule has 3 aromatic rings. The van der Waals surface area contributed by atoms with Gasteiger partial charge in [0.2, 0.25) is 5.16 Å². The highest BCUT2D eigenvalue weighted by Gasteiger charge is 2.12. The number of thioether (sulfide) groups is 3. The van der Waals surface area contributed by atoms with Crippen LogP contribution in [0.25, 0.3) is 11.4 Å². The number of nitrogens with zero attached hydrogens (tertiary/aromatic N) is 3. The Kier molecular flexibility index (Phi) is 16.5. The molecule has 0 unspecified atom stereocenters. The van der Waals surface area contributed by atoms with Crippen LogP contribution in [-0.2, 0) is 0 Å². The molecule has 0 bridgehead atoms. The third-order valence-electron chi connectivity index (χ3n) is 3.54. The normalized spacial score (nSPS) is 9.56. The maximum absolute atomic E-state index is 13.5. The fraction of sp³-hybridized carbons (Fsp3) is 0.158. The Hall–Kier alpha value is -1.33. The smallest absolute Gasteiger partial charge is 0.281 e. The van der Waals surface area contributed by atoms with Gasteiger partial charge in [-0.2, -0.15) is 4.99 Å². The van der Waals surface area contributed by atoms with Crippen molar-refractivity contribution in [2.24, 2.45) is 16.7 Å². The summed E-state index contributed by atoms with van der Waals surface area (Å²) in [6, 6.07) is 9.11. The fourth-order valence-electron chi connectivity index (χ4n) is 2.12. The van der Waals surface area contributed by atoms with Crippen molar-refractivity contribution >= 4 is 77.4 Å². The molecule has 0 saturated heterocycles. The molecule has 0 aliphatic rings. The number of carbonyl (C=O) groups is 1. The van der Waals surface area contributed by atoms with Crippen molar-refractivity contribution < 1.29 is 19.1 Å². The summed E-state index contributed by atoms with van der Waals surface area (Å²) >= 11 is 10.5. The van der Waals surface area contributed by atoms with Crippen molar-refractivity contribution in [3.8, 4) is 11.4 Å². The van der Waals surface area contributed by atoms with Gasteiger partial charge in [-0.05, 0) is 55.2 Å². The molecule has 0 aliphatic heterocycles. The first-order valence-electron chi connectivity index (χ1n) is 8.70. The first-order chi connectivity index (χ1) is 15.8. The summed E-state index contributed by atoms with van der Waals surface area (Å²) in [4.78, 5) is 19.6. The molecule has 1 amide bonds. The van der Waals surface area contributed by atoms with Gasteiger partial charge in [-0.3, -0.25) is 21.6 Å². The van der Waals surface area contributed by atoms with Crippen LogP contribution in [-0.4, -0.2) is 49.7 Å². The van der Waals surface area contributed by atoms with E-state index in [1.807, 2.05) is 18.8 Å². The number of amides is 1. The zero-order valence-corrected chi connectivity index (χ0v) is 23.7. The molecule has 34 heavy (non-hydrogen) atoms. The van der Waals surface area contributed by atoms with E-state index in [1.165, 1.54) is 53.5 Å². The molecule has 7 N–H and O–H groups in total. The second-order valence-electron chi connectivity index (χ2n) is 5.51. The average molecular weight is 660 g/mol. The number of halogens is 4. The molecular formula is C19H22Br2F2N6O2S3. The van der Waals surface area contributed by atoms with Gasteiger partial charge in [-0.25, -0.2) is 13.8 Å². The summed E-state index contributed by atoms with van der Waals surface area (Å²) in [6.45, 7) is 0. The number of aliphatic imine (C=N–C) groups is 1. The lowest BCUT2D eigenvalue weighted by atomic mass is 10.2. The summed E-state index contributed by atoms with van der Waals surface area (Å²) < 4.78 is 28.9. The molecule has 3 rings (SSSR count). The van der Waals surface area contributed by atoms with Gasteiger partial charge < -0.3 is 5.48 Å². The van der Waals surface area contributed by atoms with Gasteiger partial charge >= 0.3 is 0 Å². The standard InChI is InChI=1S/C10H9BrFNOS2.C9H7BrFN3S.H4N2.H2O/c1-15-10(16-2)13-9(14)7-4-3-6(11)5-8(7)12;1-15-9-12-8(13-14-9)6-3-2-5(10)4-7(6)11;1-2;/h3-5H,1-2H3;2-4H,1H3,(H,12,13,14);1-2H2;1H2. The molecule has 0 atom stereocenters. The van der Waals surface area contributed by atoms with Gasteiger partial charge in [0.15, 0.2) is 5.82 Å². The highest BCUT2D eigenvalue weighted by molar-refractivity contribution is 9.10. The molecule has 186 valence electrons. The van der Waals surface area contributed by atoms with Crippen LogP contribution in [0.2, 0.25) is 0 Å².